The quantitative estimate of drug-likeness (QED) is 0.630. The van der Waals surface area contributed by atoms with Gasteiger partial charge in [0.05, 0.1) is 7.11 Å². The fraction of sp³-hybridized carbons (Fsp3) is 0.286. The van der Waals surface area contributed by atoms with E-state index in [-0.39, 0.29) is 0 Å². The maximum absolute atomic E-state index is 5.19. The number of rotatable bonds is 9. The van der Waals surface area contributed by atoms with E-state index in [0.717, 1.165) is 43.4 Å². The Morgan fingerprint density at radius 3 is 2.41 bits per heavy atom. The Bertz CT molecular complexity index is 823. The first-order valence-electron chi connectivity index (χ1n) is 9.04. The summed E-state index contributed by atoms with van der Waals surface area (Å²) in [6, 6.07) is 14.1. The highest BCUT2D eigenvalue weighted by Gasteiger charge is 2.06. The van der Waals surface area contributed by atoms with Gasteiger partial charge in [0.15, 0.2) is 0 Å². The van der Waals surface area contributed by atoms with Crippen molar-refractivity contribution >= 4 is 11.8 Å². The van der Waals surface area contributed by atoms with Crippen LogP contribution in [0.25, 0.3) is 0 Å². The number of ether oxygens (including phenoxy) is 1. The van der Waals surface area contributed by atoms with Crippen LogP contribution in [0.4, 0.5) is 11.8 Å². The van der Waals surface area contributed by atoms with Crippen molar-refractivity contribution < 1.29 is 4.74 Å². The topological polar surface area (TPSA) is 63.2 Å². The molecule has 0 aliphatic carbocycles. The number of nitrogens with one attached hydrogen (secondary N) is 1. The van der Waals surface area contributed by atoms with Crippen molar-refractivity contribution in [2.24, 2.45) is 0 Å². The van der Waals surface area contributed by atoms with Gasteiger partial charge in [-0.05, 0) is 54.3 Å². The van der Waals surface area contributed by atoms with Crippen LogP contribution in [0.3, 0.4) is 0 Å². The molecular weight excluding hydrogens is 338 g/mol. The van der Waals surface area contributed by atoms with Crippen LogP contribution in [-0.4, -0.2) is 42.2 Å². The maximum atomic E-state index is 5.19. The second kappa shape index (κ2) is 9.52. The number of anilines is 2. The van der Waals surface area contributed by atoms with Crippen molar-refractivity contribution in [1.29, 1.82) is 0 Å². The van der Waals surface area contributed by atoms with Crippen molar-refractivity contribution in [3.63, 3.8) is 0 Å². The first-order valence-corrected chi connectivity index (χ1v) is 9.04. The third-order valence-electron chi connectivity index (χ3n) is 4.35. The molecule has 0 fully saturated rings. The molecule has 3 aromatic rings. The van der Waals surface area contributed by atoms with Crippen molar-refractivity contribution in [1.82, 2.24) is 15.0 Å². The molecule has 0 aliphatic rings. The van der Waals surface area contributed by atoms with Crippen LogP contribution in [-0.2, 0) is 12.8 Å². The second-order valence-electron chi connectivity index (χ2n) is 6.29. The highest BCUT2D eigenvalue weighted by atomic mass is 16.5. The van der Waals surface area contributed by atoms with Crippen LogP contribution in [0.1, 0.15) is 11.1 Å². The van der Waals surface area contributed by atoms with Crippen LogP contribution in [0.5, 0.6) is 5.75 Å². The van der Waals surface area contributed by atoms with E-state index in [1.165, 1.54) is 11.1 Å². The fourth-order valence-electron chi connectivity index (χ4n) is 2.70. The lowest BCUT2D eigenvalue weighted by molar-refractivity contribution is 0.414. The predicted molar refractivity (Wildman–Crippen MR) is 108 cm³/mol. The Morgan fingerprint density at radius 2 is 1.67 bits per heavy atom. The molecule has 2 heterocycles. The molecule has 6 heteroatoms. The standard InChI is InChI=1S/C21H25N5O/c1-26(16-11-18-7-12-22-13-8-18)21-24-15-10-20(25-21)23-14-9-17-3-5-19(27-2)6-4-17/h3-8,10,12-13,15H,9,11,14,16H2,1-2H3,(H,23,24,25). The monoisotopic (exact) mass is 363 g/mol. The van der Waals surface area contributed by atoms with Crippen molar-refractivity contribution in [2.75, 3.05) is 37.5 Å². The summed E-state index contributed by atoms with van der Waals surface area (Å²) in [6.45, 7) is 1.66. The van der Waals surface area contributed by atoms with Crippen molar-refractivity contribution in [2.45, 2.75) is 12.8 Å². The third-order valence-corrected chi connectivity index (χ3v) is 4.35. The van der Waals surface area contributed by atoms with Crippen LogP contribution < -0.4 is 15.0 Å². The third kappa shape index (κ3) is 5.67. The molecule has 0 radical (unpaired) electrons. The van der Waals surface area contributed by atoms with E-state index < -0.39 is 0 Å². The van der Waals surface area contributed by atoms with Gasteiger partial charge in [-0.25, -0.2) is 4.98 Å². The summed E-state index contributed by atoms with van der Waals surface area (Å²) in [5.41, 5.74) is 2.51. The summed E-state index contributed by atoms with van der Waals surface area (Å²) in [5.74, 6) is 2.43. The molecule has 1 aromatic carbocycles. The Balaban J connectivity index is 1.50. The van der Waals surface area contributed by atoms with Gasteiger partial charge >= 0.3 is 0 Å². The average molecular weight is 363 g/mol. The van der Waals surface area contributed by atoms with Gasteiger partial charge in [0, 0.05) is 38.7 Å². The van der Waals surface area contributed by atoms with Gasteiger partial charge in [-0.1, -0.05) is 12.1 Å². The van der Waals surface area contributed by atoms with Crippen molar-refractivity contribution in [3.8, 4) is 5.75 Å². The minimum absolute atomic E-state index is 0.721. The zero-order valence-corrected chi connectivity index (χ0v) is 15.8. The molecule has 27 heavy (non-hydrogen) atoms. The number of hydrogen-bond donors (Lipinski definition) is 1. The Hall–Kier alpha value is -3.15. The number of benzene rings is 1. The molecule has 0 amide bonds. The number of aromatic nitrogens is 3. The molecule has 0 saturated heterocycles. The molecule has 0 aliphatic heterocycles. The zero-order valence-electron chi connectivity index (χ0n) is 15.8. The van der Waals surface area contributed by atoms with Crippen LogP contribution in [0.15, 0.2) is 61.1 Å². The molecule has 0 saturated carbocycles. The van der Waals surface area contributed by atoms with Gasteiger partial charge in [0.1, 0.15) is 11.6 Å². The molecule has 2 aromatic heterocycles. The summed E-state index contributed by atoms with van der Waals surface area (Å²) < 4.78 is 5.19. The minimum Gasteiger partial charge on any atom is -0.497 e. The largest absolute Gasteiger partial charge is 0.497 e. The number of nitrogens with zero attached hydrogens (tertiary/aromatic N) is 4. The lowest BCUT2D eigenvalue weighted by Crippen LogP contribution is -2.23. The molecule has 140 valence electrons. The summed E-state index contributed by atoms with van der Waals surface area (Å²) in [7, 11) is 3.69. The number of methoxy groups -OCH3 is 1. The summed E-state index contributed by atoms with van der Waals surface area (Å²) in [4.78, 5) is 15.1. The van der Waals surface area contributed by atoms with Crippen LogP contribution in [0, 0.1) is 0 Å². The highest BCUT2D eigenvalue weighted by molar-refractivity contribution is 5.41. The lowest BCUT2D eigenvalue weighted by Gasteiger charge is -2.17. The number of likely N-dealkylation sites (N-methyl/N-ethyl adjacent to an activating group) is 1. The molecule has 0 atom stereocenters. The zero-order chi connectivity index (χ0) is 18.9. The molecule has 1 N–H and O–H groups in total. The molecule has 3 rings (SSSR count). The minimum atomic E-state index is 0.721. The summed E-state index contributed by atoms with van der Waals surface area (Å²) >= 11 is 0. The molecule has 0 bridgehead atoms. The van der Waals surface area contributed by atoms with Gasteiger partial charge in [0.2, 0.25) is 5.95 Å². The molecule has 0 spiro atoms. The van der Waals surface area contributed by atoms with E-state index in [2.05, 4.69) is 37.3 Å². The smallest absolute Gasteiger partial charge is 0.226 e. The number of pyridine rings is 1. The van der Waals surface area contributed by atoms with E-state index in [4.69, 9.17) is 4.74 Å². The lowest BCUT2D eigenvalue weighted by atomic mass is 10.1. The van der Waals surface area contributed by atoms with E-state index in [1.54, 1.807) is 13.3 Å². The first kappa shape index (κ1) is 18.6. The Kier molecular flexibility index (Phi) is 6.57. The highest BCUT2D eigenvalue weighted by Crippen LogP contribution is 2.13. The summed E-state index contributed by atoms with van der Waals surface area (Å²) in [5, 5.41) is 3.37. The number of hydrogen-bond acceptors (Lipinski definition) is 6. The fourth-order valence-corrected chi connectivity index (χ4v) is 2.70. The van der Waals surface area contributed by atoms with Crippen LogP contribution >= 0.6 is 0 Å². The Morgan fingerprint density at radius 1 is 0.926 bits per heavy atom. The van der Waals surface area contributed by atoms with E-state index in [9.17, 15) is 0 Å². The SMILES string of the molecule is COc1ccc(CCNc2ccnc(N(C)CCc3ccncc3)n2)cc1. The second-order valence-corrected chi connectivity index (χ2v) is 6.29. The maximum Gasteiger partial charge on any atom is 0.226 e. The molecule has 6 nitrogen and oxygen atoms in total. The van der Waals surface area contributed by atoms with Crippen molar-refractivity contribution in [3.05, 3.63) is 72.2 Å². The predicted octanol–water partition coefficient (Wildman–Crippen LogP) is 3.21. The summed E-state index contributed by atoms with van der Waals surface area (Å²) in [6.07, 6.45) is 7.28. The van der Waals surface area contributed by atoms with E-state index >= 15 is 0 Å². The van der Waals surface area contributed by atoms with E-state index in [0.29, 0.717) is 0 Å². The normalized spacial score (nSPS) is 10.4. The van der Waals surface area contributed by atoms with Crippen LogP contribution in [0.2, 0.25) is 0 Å². The van der Waals surface area contributed by atoms with Gasteiger partial charge in [0.25, 0.3) is 0 Å². The van der Waals surface area contributed by atoms with Gasteiger partial charge in [-0.2, -0.15) is 4.98 Å². The average Bonchev–Trinajstić information content (AvgIpc) is 2.73. The van der Waals surface area contributed by atoms with Gasteiger partial charge in [-0.15, -0.1) is 0 Å². The molecular formula is C21H25N5O. The Labute approximate surface area is 160 Å². The van der Waals surface area contributed by atoms with Gasteiger partial charge < -0.3 is 15.0 Å². The van der Waals surface area contributed by atoms with Gasteiger partial charge in [-0.3, -0.25) is 4.98 Å². The van der Waals surface area contributed by atoms with E-state index in [1.807, 2.05) is 49.8 Å². The first-order chi connectivity index (χ1) is 13.2. The molecule has 0 unspecified atom stereocenters.